The average Bonchev–Trinajstić information content (AvgIpc) is 2.93. The number of ether oxygens (including phenoxy) is 3. The molecule has 0 spiro atoms. The summed E-state index contributed by atoms with van der Waals surface area (Å²) in [5.41, 5.74) is 3.12. The summed E-state index contributed by atoms with van der Waals surface area (Å²) in [6.07, 6.45) is 4.37. The van der Waals surface area contributed by atoms with Crippen LogP contribution in [0.2, 0.25) is 5.02 Å². The number of morpholine rings is 1. The number of rotatable bonds is 10. The molecule has 2 aliphatic heterocycles. The van der Waals surface area contributed by atoms with E-state index in [0.29, 0.717) is 41.0 Å². The third kappa shape index (κ3) is 7.74. The number of nitrogens with one attached hydrogen (secondary N) is 2. The summed E-state index contributed by atoms with van der Waals surface area (Å²) in [6, 6.07) is 5.92. The normalized spacial score (nSPS) is 24.8. The van der Waals surface area contributed by atoms with Crippen molar-refractivity contribution in [2.75, 3.05) is 44.3 Å². The number of pyridine rings is 1. The number of hydrogen-bond donors (Lipinski definition) is 2. The van der Waals surface area contributed by atoms with Gasteiger partial charge in [-0.25, -0.2) is 0 Å². The lowest BCUT2D eigenvalue weighted by molar-refractivity contribution is -0.0787. The molecule has 3 fully saturated rings. The van der Waals surface area contributed by atoms with Gasteiger partial charge in [-0.3, -0.25) is 14.5 Å². The number of benzene rings is 1. The fourth-order valence-electron chi connectivity index (χ4n) is 6.92. The SMILES string of the molecule is CCN(c1cc(OC2CC(CN3C[C@@H](C)O[C@@H](C)C3)C2)cc(C(=O)NCc2c(C)cc(C)[nH]c2=O)c1Cl)C1CCOCC1. The van der Waals surface area contributed by atoms with Gasteiger partial charge in [0.2, 0.25) is 0 Å². The predicted molar refractivity (Wildman–Crippen MR) is 170 cm³/mol. The van der Waals surface area contributed by atoms with Crippen molar-refractivity contribution in [3.8, 4) is 5.75 Å². The Morgan fingerprint density at radius 1 is 1.14 bits per heavy atom. The van der Waals surface area contributed by atoms with Crippen LogP contribution < -0.4 is 20.5 Å². The molecule has 1 amide bonds. The lowest BCUT2D eigenvalue weighted by Gasteiger charge is -2.42. The van der Waals surface area contributed by atoms with Crippen LogP contribution in [0.3, 0.4) is 0 Å². The summed E-state index contributed by atoms with van der Waals surface area (Å²) in [4.78, 5) is 33.8. The van der Waals surface area contributed by atoms with E-state index in [9.17, 15) is 9.59 Å². The number of anilines is 1. The van der Waals surface area contributed by atoms with Crippen molar-refractivity contribution in [3.05, 3.63) is 56.0 Å². The van der Waals surface area contributed by atoms with Gasteiger partial charge in [0.25, 0.3) is 11.5 Å². The highest BCUT2D eigenvalue weighted by Crippen LogP contribution is 2.39. The Hall–Kier alpha value is -2.59. The number of carbonyl (C=O) groups excluding carboxylic acids is 1. The Morgan fingerprint density at radius 2 is 1.84 bits per heavy atom. The Kier molecular flexibility index (Phi) is 10.4. The van der Waals surface area contributed by atoms with Gasteiger partial charge in [-0.15, -0.1) is 0 Å². The van der Waals surface area contributed by atoms with Crippen LogP contribution in [0.5, 0.6) is 5.75 Å². The van der Waals surface area contributed by atoms with Crippen molar-refractivity contribution in [3.63, 3.8) is 0 Å². The number of hydrogen-bond acceptors (Lipinski definition) is 7. The maximum Gasteiger partial charge on any atom is 0.253 e. The monoisotopic (exact) mass is 614 g/mol. The number of aromatic nitrogens is 1. The smallest absolute Gasteiger partial charge is 0.253 e. The fourth-order valence-corrected chi connectivity index (χ4v) is 7.23. The van der Waals surface area contributed by atoms with Crippen LogP contribution in [-0.2, 0) is 16.0 Å². The topological polar surface area (TPSA) is 96.1 Å². The number of aromatic amines is 1. The number of halogens is 1. The minimum atomic E-state index is -0.332. The number of aryl methyl sites for hydroxylation is 2. The molecule has 5 rings (SSSR count). The van der Waals surface area contributed by atoms with Gasteiger partial charge in [0.1, 0.15) is 5.75 Å². The highest BCUT2D eigenvalue weighted by molar-refractivity contribution is 6.36. The van der Waals surface area contributed by atoms with Crippen LogP contribution in [0.25, 0.3) is 0 Å². The van der Waals surface area contributed by atoms with Crippen LogP contribution >= 0.6 is 11.6 Å². The molecule has 0 radical (unpaired) electrons. The minimum Gasteiger partial charge on any atom is -0.490 e. The molecule has 0 unspecified atom stereocenters. The van der Waals surface area contributed by atoms with Gasteiger partial charge in [-0.1, -0.05) is 11.6 Å². The molecular weight excluding hydrogens is 568 g/mol. The van der Waals surface area contributed by atoms with Crippen molar-refractivity contribution >= 4 is 23.2 Å². The standard InChI is InChI=1S/C33H47ClN4O5/c1-6-38(25-7-9-41-10-8-25)30-15-27(43-26-12-24(13-26)19-37-17-22(4)42-23(5)18-37)14-28(31(30)34)32(39)35-16-29-20(2)11-21(3)36-33(29)40/h11,14-15,22-26H,6-10,12-13,16-19H2,1-5H3,(H,35,39)(H,36,40)/t22-,23+,24?,26?. The zero-order valence-corrected chi connectivity index (χ0v) is 27.0. The molecule has 1 aliphatic carbocycles. The first-order chi connectivity index (χ1) is 20.6. The van der Waals surface area contributed by atoms with E-state index in [0.717, 1.165) is 68.8 Å². The lowest BCUT2D eigenvalue weighted by Crippen LogP contribution is -2.49. The second-order valence-corrected chi connectivity index (χ2v) is 13.0. The maximum absolute atomic E-state index is 13.6. The van der Waals surface area contributed by atoms with Crippen LogP contribution in [0, 0.1) is 19.8 Å². The molecule has 9 nitrogen and oxygen atoms in total. The first kappa shape index (κ1) is 31.8. The first-order valence-electron chi connectivity index (χ1n) is 15.8. The molecule has 3 heterocycles. The summed E-state index contributed by atoms with van der Waals surface area (Å²) in [6.45, 7) is 15.4. The number of carbonyl (C=O) groups is 1. The Labute approximate surface area is 260 Å². The van der Waals surface area contributed by atoms with E-state index in [4.69, 9.17) is 25.8 Å². The Balaban J connectivity index is 1.33. The van der Waals surface area contributed by atoms with Gasteiger partial charge in [-0.2, -0.15) is 0 Å². The number of H-pyrrole nitrogens is 1. The summed E-state index contributed by atoms with van der Waals surface area (Å²) in [5.74, 6) is 0.903. The first-order valence-corrected chi connectivity index (χ1v) is 16.2. The van der Waals surface area contributed by atoms with Crippen LogP contribution in [-0.4, -0.2) is 79.5 Å². The van der Waals surface area contributed by atoms with Crippen molar-refractivity contribution in [2.24, 2.45) is 5.92 Å². The molecule has 3 aliphatic rings. The zero-order valence-electron chi connectivity index (χ0n) is 26.2. The second kappa shape index (κ2) is 14.0. The van der Waals surface area contributed by atoms with Crippen molar-refractivity contribution in [1.82, 2.24) is 15.2 Å². The molecule has 0 bridgehead atoms. The summed E-state index contributed by atoms with van der Waals surface area (Å²) in [5, 5.41) is 3.33. The average molecular weight is 615 g/mol. The highest BCUT2D eigenvalue weighted by Gasteiger charge is 2.35. The van der Waals surface area contributed by atoms with E-state index >= 15 is 0 Å². The second-order valence-electron chi connectivity index (χ2n) is 12.6. The van der Waals surface area contributed by atoms with Gasteiger partial charge >= 0.3 is 0 Å². The quantitative estimate of drug-likeness (QED) is 0.395. The molecule has 1 aromatic carbocycles. The van der Waals surface area contributed by atoms with Crippen LogP contribution in [0.15, 0.2) is 23.0 Å². The Bertz CT molecular complexity index is 1330. The molecule has 236 valence electrons. The van der Waals surface area contributed by atoms with Crippen molar-refractivity contribution in [2.45, 2.75) is 91.2 Å². The molecule has 2 aromatic rings. The summed E-state index contributed by atoms with van der Waals surface area (Å²) < 4.78 is 18.0. The molecule has 2 atom stereocenters. The van der Waals surface area contributed by atoms with Crippen molar-refractivity contribution in [1.29, 1.82) is 0 Å². The van der Waals surface area contributed by atoms with E-state index in [1.807, 2.05) is 26.0 Å². The van der Waals surface area contributed by atoms with Crippen molar-refractivity contribution < 1.29 is 19.0 Å². The van der Waals surface area contributed by atoms with Crippen LogP contribution in [0.1, 0.15) is 73.6 Å². The van der Waals surface area contributed by atoms with E-state index in [-0.39, 0.29) is 42.4 Å². The zero-order chi connectivity index (χ0) is 30.7. The third-order valence-electron chi connectivity index (χ3n) is 8.98. The molecule has 2 N–H and O–H groups in total. The van der Waals surface area contributed by atoms with E-state index in [1.54, 1.807) is 6.07 Å². The largest absolute Gasteiger partial charge is 0.490 e. The third-order valence-corrected chi connectivity index (χ3v) is 9.38. The molecular formula is C33H47ClN4O5. The van der Waals surface area contributed by atoms with Gasteiger partial charge in [0, 0.05) is 69.3 Å². The van der Waals surface area contributed by atoms with Gasteiger partial charge in [-0.05, 0) is 83.9 Å². The van der Waals surface area contributed by atoms with Gasteiger partial charge in [0.15, 0.2) is 0 Å². The maximum atomic E-state index is 13.6. The van der Waals surface area contributed by atoms with E-state index in [2.05, 4.69) is 40.9 Å². The molecule has 1 saturated carbocycles. The lowest BCUT2D eigenvalue weighted by atomic mass is 9.81. The van der Waals surface area contributed by atoms with E-state index < -0.39 is 0 Å². The minimum absolute atomic E-state index is 0.0951. The predicted octanol–water partition coefficient (Wildman–Crippen LogP) is 4.85. The summed E-state index contributed by atoms with van der Waals surface area (Å²) >= 11 is 7.00. The molecule has 1 aromatic heterocycles. The molecule has 43 heavy (non-hydrogen) atoms. The van der Waals surface area contributed by atoms with Gasteiger partial charge in [0.05, 0.1) is 34.6 Å². The van der Waals surface area contributed by atoms with Crippen LogP contribution in [0.4, 0.5) is 5.69 Å². The fraction of sp³-hybridized carbons (Fsp3) is 0.636. The van der Waals surface area contributed by atoms with E-state index in [1.165, 1.54) is 0 Å². The molecule has 2 saturated heterocycles. The Morgan fingerprint density at radius 3 is 2.49 bits per heavy atom. The number of amides is 1. The summed E-state index contributed by atoms with van der Waals surface area (Å²) in [7, 11) is 0. The highest BCUT2D eigenvalue weighted by atomic mass is 35.5. The number of nitrogens with zero attached hydrogens (tertiary/aromatic N) is 2. The van der Waals surface area contributed by atoms with Gasteiger partial charge < -0.3 is 29.4 Å². The molecule has 10 heteroatoms.